The Bertz CT molecular complexity index is 1230. The molecule has 0 radical (unpaired) electrons. The number of hydrogen-bond acceptors (Lipinski definition) is 4. The lowest BCUT2D eigenvalue weighted by Gasteiger charge is -2.32. The molecule has 3 heterocycles. The fourth-order valence-electron chi connectivity index (χ4n) is 4.12. The van der Waals surface area contributed by atoms with E-state index in [4.69, 9.17) is 9.52 Å². The number of piperidine rings is 1. The molecule has 0 spiro atoms. The minimum absolute atomic E-state index is 0.00500. The number of para-hydroxylation sites is 1. The molecule has 0 aliphatic carbocycles. The fraction of sp³-hybridized carbons (Fsp3) is 0.192. The molecule has 7 nitrogen and oxygen atoms in total. The number of nitrogens with zero attached hydrogens (tertiary/aromatic N) is 3. The number of benzene rings is 2. The van der Waals surface area contributed by atoms with Crippen LogP contribution in [-0.4, -0.2) is 45.6 Å². The van der Waals surface area contributed by atoms with E-state index in [0.717, 1.165) is 11.3 Å². The smallest absolute Gasteiger partial charge is 0.257 e. The van der Waals surface area contributed by atoms with Gasteiger partial charge in [0.25, 0.3) is 11.8 Å². The number of amides is 2. The van der Waals surface area contributed by atoms with Gasteiger partial charge in [0.1, 0.15) is 12.0 Å². The Morgan fingerprint density at radius 2 is 1.64 bits per heavy atom. The second kappa shape index (κ2) is 9.16. The Morgan fingerprint density at radius 1 is 0.939 bits per heavy atom. The highest BCUT2D eigenvalue weighted by Gasteiger charge is 2.27. The third-order valence-corrected chi connectivity index (χ3v) is 5.91. The van der Waals surface area contributed by atoms with Gasteiger partial charge in [-0.2, -0.15) is 5.10 Å². The molecule has 0 bridgehead atoms. The maximum absolute atomic E-state index is 13.3. The lowest BCUT2D eigenvalue weighted by molar-refractivity contribution is 0.0697. The highest BCUT2D eigenvalue weighted by molar-refractivity contribution is 6.00. The number of hydrogen-bond donors (Lipinski definition) is 1. The van der Waals surface area contributed by atoms with Crippen molar-refractivity contribution in [2.24, 2.45) is 0 Å². The normalized spacial score (nSPS) is 14.2. The summed E-state index contributed by atoms with van der Waals surface area (Å²) in [5.74, 6) is -0.195. The van der Waals surface area contributed by atoms with Crippen molar-refractivity contribution in [2.45, 2.75) is 18.9 Å². The van der Waals surface area contributed by atoms with Crippen LogP contribution in [0.1, 0.15) is 33.6 Å². The first-order valence-corrected chi connectivity index (χ1v) is 11.0. The van der Waals surface area contributed by atoms with Gasteiger partial charge in [-0.05, 0) is 31.0 Å². The molecular formula is C26H24N4O3. The standard InChI is InChI=1S/C26H24N4O3/c31-25(27-21-11-14-29(15-12-21)26(32)20-13-16-33-18-20)23-17-30(22-9-5-2-6-10-22)28-24(23)19-7-3-1-4-8-19/h1-10,13,16-18,21H,11-12,14-15H2,(H,27,31). The zero-order chi connectivity index (χ0) is 22.6. The molecule has 2 amide bonds. The van der Waals surface area contributed by atoms with E-state index < -0.39 is 0 Å². The van der Waals surface area contributed by atoms with Crippen LogP contribution in [-0.2, 0) is 0 Å². The quantitative estimate of drug-likeness (QED) is 0.505. The molecule has 1 aliphatic rings. The van der Waals surface area contributed by atoms with Crippen molar-refractivity contribution in [2.75, 3.05) is 13.1 Å². The maximum atomic E-state index is 13.3. The Morgan fingerprint density at radius 3 is 2.30 bits per heavy atom. The summed E-state index contributed by atoms with van der Waals surface area (Å²) in [5.41, 5.74) is 3.50. The first-order chi connectivity index (χ1) is 16.2. The molecule has 1 fully saturated rings. The van der Waals surface area contributed by atoms with Gasteiger partial charge in [0.15, 0.2) is 0 Å². The Labute approximate surface area is 191 Å². The first kappa shape index (κ1) is 20.8. The lowest BCUT2D eigenvalue weighted by Crippen LogP contribution is -2.46. The van der Waals surface area contributed by atoms with E-state index in [9.17, 15) is 9.59 Å². The Kier molecular flexibility index (Phi) is 5.76. The number of carbonyl (C=O) groups excluding carboxylic acids is 2. The van der Waals surface area contributed by atoms with Gasteiger partial charge in [0.2, 0.25) is 0 Å². The third-order valence-electron chi connectivity index (χ3n) is 5.91. The van der Waals surface area contributed by atoms with Crippen LogP contribution in [0, 0.1) is 0 Å². The van der Waals surface area contributed by atoms with E-state index >= 15 is 0 Å². The summed E-state index contributed by atoms with van der Waals surface area (Å²) >= 11 is 0. The predicted molar refractivity (Wildman–Crippen MR) is 124 cm³/mol. The van der Waals surface area contributed by atoms with Crippen LogP contribution in [0.3, 0.4) is 0 Å². The second-order valence-corrected chi connectivity index (χ2v) is 8.09. The topological polar surface area (TPSA) is 80.4 Å². The van der Waals surface area contributed by atoms with Gasteiger partial charge in [-0.3, -0.25) is 9.59 Å². The van der Waals surface area contributed by atoms with Crippen molar-refractivity contribution < 1.29 is 14.0 Å². The molecule has 0 atom stereocenters. The van der Waals surface area contributed by atoms with Crippen LogP contribution in [0.4, 0.5) is 0 Å². The van der Waals surface area contributed by atoms with Gasteiger partial charge >= 0.3 is 0 Å². The largest absolute Gasteiger partial charge is 0.472 e. The van der Waals surface area contributed by atoms with Crippen LogP contribution < -0.4 is 5.32 Å². The molecule has 0 saturated carbocycles. The van der Waals surface area contributed by atoms with E-state index in [0.29, 0.717) is 42.8 Å². The van der Waals surface area contributed by atoms with Gasteiger partial charge in [0, 0.05) is 30.9 Å². The second-order valence-electron chi connectivity index (χ2n) is 8.09. The minimum atomic E-state index is -0.157. The fourth-order valence-corrected chi connectivity index (χ4v) is 4.12. The molecule has 1 saturated heterocycles. The number of rotatable bonds is 5. The van der Waals surface area contributed by atoms with E-state index in [1.807, 2.05) is 60.7 Å². The third kappa shape index (κ3) is 4.43. The minimum Gasteiger partial charge on any atom is -0.472 e. The van der Waals surface area contributed by atoms with Gasteiger partial charge in [0.05, 0.1) is 23.1 Å². The summed E-state index contributed by atoms with van der Waals surface area (Å²) in [6, 6.07) is 21.1. The van der Waals surface area contributed by atoms with E-state index in [2.05, 4.69) is 5.32 Å². The van der Waals surface area contributed by atoms with Gasteiger partial charge in [-0.1, -0.05) is 48.5 Å². The monoisotopic (exact) mass is 440 g/mol. The highest BCUT2D eigenvalue weighted by atomic mass is 16.3. The lowest BCUT2D eigenvalue weighted by atomic mass is 10.0. The number of furan rings is 1. The van der Waals surface area contributed by atoms with Gasteiger partial charge in [-0.25, -0.2) is 4.68 Å². The summed E-state index contributed by atoms with van der Waals surface area (Å²) in [6.45, 7) is 1.17. The number of carbonyl (C=O) groups is 2. The van der Waals surface area contributed by atoms with Crippen molar-refractivity contribution in [1.29, 1.82) is 0 Å². The zero-order valence-electron chi connectivity index (χ0n) is 18.1. The first-order valence-electron chi connectivity index (χ1n) is 11.0. The van der Waals surface area contributed by atoms with Crippen LogP contribution in [0.2, 0.25) is 0 Å². The molecule has 2 aromatic carbocycles. The number of nitrogens with one attached hydrogen (secondary N) is 1. The molecule has 1 N–H and O–H groups in total. The Hall–Kier alpha value is -4.13. The molecular weight excluding hydrogens is 416 g/mol. The molecule has 1 aliphatic heterocycles. The predicted octanol–water partition coefficient (Wildman–Crippen LogP) is 4.17. The number of aromatic nitrogens is 2. The molecule has 5 rings (SSSR count). The van der Waals surface area contributed by atoms with Crippen molar-refractivity contribution in [1.82, 2.24) is 20.0 Å². The zero-order valence-corrected chi connectivity index (χ0v) is 18.1. The van der Waals surface area contributed by atoms with E-state index in [-0.39, 0.29) is 17.9 Å². The average molecular weight is 441 g/mol. The molecule has 166 valence electrons. The molecule has 0 unspecified atom stereocenters. The van der Waals surface area contributed by atoms with Crippen molar-refractivity contribution in [3.8, 4) is 16.9 Å². The van der Waals surface area contributed by atoms with Crippen molar-refractivity contribution in [3.05, 3.63) is 96.6 Å². The van der Waals surface area contributed by atoms with Gasteiger partial charge in [-0.15, -0.1) is 0 Å². The molecule has 7 heteroatoms. The van der Waals surface area contributed by atoms with E-state index in [1.54, 1.807) is 21.8 Å². The van der Waals surface area contributed by atoms with Crippen LogP contribution in [0.15, 0.2) is 89.9 Å². The molecule has 4 aromatic rings. The average Bonchev–Trinajstić information content (AvgIpc) is 3.56. The van der Waals surface area contributed by atoms with Crippen LogP contribution in [0.25, 0.3) is 16.9 Å². The summed E-state index contributed by atoms with van der Waals surface area (Å²) in [6.07, 6.45) is 6.14. The molecule has 33 heavy (non-hydrogen) atoms. The number of likely N-dealkylation sites (tertiary alicyclic amines) is 1. The highest BCUT2D eigenvalue weighted by Crippen LogP contribution is 2.24. The SMILES string of the molecule is O=C(NC1CCN(C(=O)c2ccoc2)CC1)c1cn(-c2ccccc2)nc1-c1ccccc1. The maximum Gasteiger partial charge on any atom is 0.257 e. The van der Waals surface area contributed by atoms with Crippen molar-refractivity contribution >= 4 is 11.8 Å². The Balaban J connectivity index is 1.32. The van der Waals surface area contributed by atoms with E-state index in [1.165, 1.54) is 12.5 Å². The van der Waals surface area contributed by atoms with Crippen LogP contribution in [0.5, 0.6) is 0 Å². The summed E-state index contributed by atoms with van der Waals surface area (Å²) in [7, 11) is 0. The van der Waals surface area contributed by atoms with Gasteiger partial charge < -0.3 is 14.6 Å². The summed E-state index contributed by atoms with van der Waals surface area (Å²) < 4.78 is 6.76. The van der Waals surface area contributed by atoms with Crippen molar-refractivity contribution in [3.63, 3.8) is 0 Å². The summed E-state index contributed by atoms with van der Waals surface area (Å²) in [4.78, 5) is 27.6. The van der Waals surface area contributed by atoms with Crippen LogP contribution >= 0.6 is 0 Å². The molecule has 2 aromatic heterocycles. The summed E-state index contributed by atoms with van der Waals surface area (Å²) in [5, 5.41) is 7.88.